The number of nitrogens with zero attached hydrogens (tertiary/aromatic N) is 3. The van der Waals surface area contributed by atoms with E-state index >= 15 is 0 Å². The molecule has 0 aliphatic rings. The first-order valence-electron chi connectivity index (χ1n) is 10.6. The van der Waals surface area contributed by atoms with Crippen LogP contribution in [0.5, 0.6) is 0 Å². The summed E-state index contributed by atoms with van der Waals surface area (Å²) in [6.07, 6.45) is 15.6. The molecule has 4 N–H and O–H groups in total. The Kier molecular flexibility index (Phi) is 8.91. The van der Waals surface area contributed by atoms with Crippen molar-refractivity contribution in [3.8, 4) is 0 Å². The minimum Gasteiger partial charge on any atom is -0.484 e. The van der Waals surface area contributed by atoms with Gasteiger partial charge in [0.05, 0.1) is 13.7 Å². The number of rotatable bonds is 10. The number of methoxy groups -OCH3 is 1. The number of aromatic nitrogens is 2. The van der Waals surface area contributed by atoms with E-state index < -0.39 is 0 Å². The molecular formula is C26H28N6O. The molecule has 0 bridgehead atoms. The van der Waals surface area contributed by atoms with Gasteiger partial charge in [-0.25, -0.2) is 0 Å². The number of aliphatic imine (C=N–C) groups is 1. The number of benzene rings is 1. The number of anilines is 1. The fraction of sp³-hybridized carbons (Fsp3) is 0.154. The summed E-state index contributed by atoms with van der Waals surface area (Å²) >= 11 is 0. The number of ether oxygens (including phenoxy) is 1. The predicted octanol–water partition coefficient (Wildman–Crippen LogP) is 4.69. The molecule has 0 fully saturated rings. The lowest BCUT2D eigenvalue weighted by Crippen LogP contribution is -2.00. The zero-order valence-electron chi connectivity index (χ0n) is 18.6. The Bertz CT molecular complexity index is 1120. The average molecular weight is 441 g/mol. The quantitative estimate of drug-likeness (QED) is 0.313. The highest BCUT2D eigenvalue weighted by Crippen LogP contribution is 2.18. The zero-order chi connectivity index (χ0) is 23.3. The highest BCUT2D eigenvalue weighted by atomic mass is 16.5. The summed E-state index contributed by atoms with van der Waals surface area (Å²) < 4.78 is 4.90. The first kappa shape index (κ1) is 23.4. The van der Waals surface area contributed by atoms with Gasteiger partial charge in [-0.1, -0.05) is 18.2 Å². The first-order chi connectivity index (χ1) is 16.2. The molecule has 3 aromatic rings. The van der Waals surface area contributed by atoms with Gasteiger partial charge in [0, 0.05) is 66.6 Å². The molecule has 3 rings (SSSR count). The van der Waals surface area contributed by atoms with Crippen molar-refractivity contribution in [1.29, 1.82) is 5.41 Å². The van der Waals surface area contributed by atoms with Gasteiger partial charge >= 0.3 is 0 Å². The summed E-state index contributed by atoms with van der Waals surface area (Å²) in [6, 6.07) is 13.9. The number of hydrogen-bond acceptors (Lipinski definition) is 7. The van der Waals surface area contributed by atoms with Crippen molar-refractivity contribution in [3.05, 3.63) is 102 Å². The second-order valence-electron chi connectivity index (χ2n) is 7.22. The lowest BCUT2D eigenvalue weighted by Gasteiger charge is -2.07. The highest BCUT2D eigenvalue weighted by molar-refractivity contribution is 6.10. The summed E-state index contributed by atoms with van der Waals surface area (Å²) in [7, 11) is 1.52. The van der Waals surface area contributed by atoms with Crippen LogP contribution in [0.2, 0.25) is 0 Å². The van der Waals surface area contributed by atoms with Crippen molar-refractivity contribution >= 4 is 29.4 Å². The summed E-state index contributed by atoms with van der Waals surface area (Å²) in [5, 5.41) is 10.8. The van der Waals surface area contributed by atoms with Crippen molar-refractivity contribution < 1.29 is 4.74 Å². The number of pyridine rings is 2. The van der Waals surface area contributed by atoms with E-state index in [1.807, 2.05) is 54.7 Å². The van der Waals surface area contributed by atoms with Gasteiger partial charge in [0.25, 0.3) is 0 Å². The van der Waals surface area contributed by atoms with Crippen molar-refractivity contribution in [1.82, 2.24) is 9.97 Å². The van der Waals surface area contributed by atoms with Crippen molar-refractivity contribution in [2.75, 3.05) is 12.4 Å². The lowest BCUT2D eigenvalue weighted by atomic mass is 10.0. The molecule has 0 aliphatic heterocycles. The summed E-state index contributed by atoms with van der Waals surface area (Å²) in [5.41, 5.74) is 11.7. The second-order valence-corrected chi connectivity index (χ2v) is 7.22. The van der Waals surface area contributed by atoms with E-state index in [1.54, 1.807) is 37.2 Å². The maximum atomic E-state index is 7.57. The Morgan fingerprint density at radius 3 is 2.64 bits per heavy atom. The molecule has 2 heterocycles. The Morgan fingerprint density at radius 1 is 1.09 bits per heavy atom. The summed E-state index contributed by atoms with van der Waals surface area (Å²) in [4.78, 5) is 12.9. The minimum absolute atomic E-state index is 0.292. The molecule has 2 aromatic heterocycles. The van der Waals surface area contributed by atoms with Gasteiger partial charge in [0.1, 0.15) is 0 Å². The van der Waals surface area contributed by atoms with Crippen LogP contribution in [0.3, 0.4) is 0 Å². The van der Waals surface area contributed by atoms with Crippen LogP contribution in [-0.4, -0.2) is 29.2 Å². The molecule has 0 radical (unpaired) electrons. The van der Waals surface area contributed by atoms with Crippen molar-refractivity contribution in [2.45, 2.75) is 19.4 Å². The molecule has 0 spiro atoms. The first-order valence-corrected chi connectivity index (χ1v) is 10.6. The number of hydrogen-bond donors (Lipinski definition) is 3. The summed E-state index contributed by atoms with van der Waals surface area (Å²) in [5.74, 6) is 0.292. The maximum Gasteiger partial charge on any atom is 0.180 e. The van der Waals surface area contributed by atoms with E-state index in [9.17, 15) is 0 Å². The molecule has 168 valence electrons. The van der Waals surface area contributed by atoms with E-state index in [0.717, 1.165) is 39.9 Å². The molecular weight excluding hydrogens is 412 g/mol. The van der Waals surface area contributed by atoms with Gasteiger partial charge in [-0.15, -0.1) is 0 Å². The Labute approximate surface area is 194 Å². The Balaban J connectivity index is 1.63. The van der Waals surface area contributed by atoms with Gasteiger partial charge in [0.2, 0.25) is 0 Å². The normalized spacial score (nSPS) is 11.7. The molecule has 0 saturated carbocycles. The van der Waals surface area contributed by atoms with Crippen LogP contribution in [0.15, 0.2) is 84.6 Å². The predicted molar refractivity (Wildman–Crippen MR) is 135 cm³/mol. The van der Waals surface area contributed by atoms with Crippen LogP contribution in [-0.2, 0) is 17.7 Å². The molecule has 33 heavy (non-hydrogen) atoms. The van der Waals surface area contributed by atoms with Gasteiger partial charge in [-0.05, 0) is 53.5 Å². The van der Waals surface area contributed by atoms with Crippen LogP contribution in [0.25, 0.3) is 11.6 Å². The summed E-state index contributed by atoms with van der Waals surface area (Å²) in [6.45, 7) is 0.533. The van der Waals surface area contributed by atoms with E-state index in [-0.39, 0.29) is 0 Å². The standard InChI is InChI=1S/C26H28N6O/c1-33-26(28)9-6-20-4-7-24(8-5-20)32-14-10-22-18-30-13-11-25(22)23(15-27)19-31-17-21-3-2-12-29-16-21/h2-5,7-8,10-16,18-19,28,32H,6,9,17,27H2,1H3/b14-10-,23-15?,28-26?,31-19?. The fourth-order valence-corrected chi connectivity index (χ4v) is 3.10. The molecule has 7 nitrogen and oxygen atoms in total. The SMILES string of the molecule is COC(=N)CCc1ccc(N/C=C\c2cnccc2C(C=NCc2cccnc2)=CN)cc1. The molecule has 7 heteroatoms. The third-order valence-electron chi connectivity index (χ3n) is 4.92. The number of nitrogens with one attached hydrogen (secondary N) is 2. The molecule has 0 atom stereocenters. The number of nitrogens with two attached hydrogens (primary N) is 1. The molecule has 1 aromatic carbocycles. The Hall–Kier alpha value is -4.26. The van der Waals surface area contributed by atoms with E-state index in [1.165, 1.54) is 7.11 Å². The van der Waals surface area contributed by atoms with Gasteiger partial charge in [-0.2, -0.15) is 0 Å². The minimum atomic E-state index is 0.292. The second kappa shape index (κ2) is 12.6. The average Bonchev–Trinajstić information content (AvgIpc) is 2.87. The largest absolute Gasteiger partial charge is 0.484 e. The van der Waals surface area contributed by atoms with Crippen molar-refractivity contribution in [2.24, 2.45) is 10.7 Å². The van der Waals surface area contributed by atoms with E-state index in [4.69, 9.17) is 15.9 Å². The maximum absolute atomic E-state index is 7.57. The Morgan fingerprint density at radius 2 is 1.91 bits per heavy atom. The highest BCUT2D eigenvalue weighted by Gasteiger charge is 2.04. The van der Waals surface area contributed by atoms with Crippen molar-refractivity contribution in [3.63, 3.8) is 0 Å². The molecule has 0 unspecified atom stereocenters. The smallest absolute Gasteiger partial charge is 0.180 e. The van der Waals surface area contributed by atoms with Crippen LogP contribution < -0.4 is 11.1 Å². The van der Waals surface area contributed by atoms with Gasteiger partial charge in [-0.3, -0.25) is 20.4 Å². The lowest BCUT2D eigenvalue weighted by molar-refractivity contribution is 0.386. The van der Waals surface area contributed by atoms with Crippen LogP contribution in [0, 0.1) is 5.41 Å². The van der Waals surface area contributed by atoms with E-state index in [2.05, 4.69) is 20.3 Å². The van der Waals surface area contributed by atoms with Gasteiger partial charge in [0.15, 0.2) is 5.90 Å². The molecule has 0 saturated heterocycles. The topological polar surface area (TPSA) is 109 Å². The monoisotopic (exact) mass is 440 g/mol. The molecule has 0 amide bonds. The third kappa shape index (κ3) is 7.43. The van der Waals surface area contributed by atoms with Gasteiger partial charge < -0.3 is 15.8 Å². The van der Waals surface area contributed by atoms with E-state index in [0.29, 0.717) is 18.9 Å². The van der Waals surface area contributed by atoms with Crippen LogP contribution in [0.1, 0.15) is 28.7 Å². The zero-order valence-corrected chi connectivity index (χ0v) is 18.6. The van der Waals surface area contributed by atoms with Crippen LogP contribution >= 0.6 is 0 Å². The van der Waals surface area contributed by atoms with Crippen LogP contribution in [0.4, 0.5) is 5.69 Å². The number of aryl methyl sites for hydroxylation is 1. The fourth-order valence-electron chi connectivity index (χ4n) is 3.10. The number of allylic oxidation sites excluding steroid dienone is 1. The third-order valence-corrected chi connectivity index (χ3v) is 4.92. The molecule has 0 aliphatic carbocycles.